The van der Waals surface area contributed by atoms with Crippen LogP contribution in [0.3, 0.4) is 0 Å². The Balaban J connectivity index is 2.49. The van der Waals surface area contributed by atoms with E-state index in [1.54, 1.807) is 7.11 Å². The molecular weight excluding hydrogens is 328 g/mol. The molecule has 5 heteroatoms. The molecule has 1 rings (SSSR count). The smallest absolute Gasteiger partial charge is 0.143 e. The molecule has 0 heterocycles. The molecular formula is C15H20BrF2NO. The lowest BCUT2D eigenvalue weighted by atomic mass is 10.0. The van der Waals surface area contributed by atoms with Gasteiger partial charge in [0, 0.05) is 19.2 Å². The predicted molar refractivity (Wildman–Crippen MR) is 80.9 cm³/mol. The molecule has 0 saturated carbocycles. The van der Waals surface area contributed by atoms with Gasteiger partial charge in [0.2, 0.25) is 0 Å². The zero-order valence-electron chi connectivity index (χ0n) is 11.8. The molecule has 0 aliphatic carbocycles. The predicted octanol–water partition coefficient (Wildman–Crippen LogP) is 3.84. The van der Waals surface area contributed by atoms with Gasteiger partial charge in [0.05, 0.1) is 11.1 Å². The maximum absolute atomic E-state index is 13.8. The summed E-state index contributed by atoms with van der Waals surface area (Å²) in [5.41, 5.74) is 1.06. The molecule has 0 atom stereocenters. The van der Waals surface area contributed by atoms with E-state index in [1.165, 1.54) is 12.1 Å². The molecule has 0 radical (unpaired) electrons. The Kier molecular flexibility index (Phi) is 7.95. The van der Waals surface area contributed by atoms with Crippen molar-refractivity contribution >= 4 is 15.9 Å². The van der Waals surface area contributed by atoms with Crippen LogP contribution < -0.4 is 5.32 Å². The molecule has 20 heavy (non-hydrogen) atoms. The third kappa shape index (κ3) is 5.69. The lowest BCUT2D eigenvalue weighted by Gasteiger charge is -2.07. The number of hydrogen-bond acceptors (Lipinski definition) is 2. The normalized spacial score (nSPS) is 11.9. The number of nitrogens with one attached hydrogen (secondary N) is 1. The summed E-state index contributed by atoms with van der Waals surface area (Å²) >= 11 is 3.08. The van der Waals surface area contributed by atoms with E-state index < -0.39 is 11.6 Å². The Bertz CT molecular complexity index is 463. The summed E-state index contributed by atoms with van der Waals surface area (Å²) in [6, 6.07) is 2.66. The van der Waals surface area contributed by atoms with Gasteiger partial charge in [-0.3, -0.25) is 0 Å². The Labute approximate surface area is 127 Å². The quantitative estimate of drug-likeness (QED) is 0.438. The van der Waals surface area contributed by atoms with Crippen molar-refractivity contribution in [3.05, 3.63) is 45.5 Å². The monoisotopic (exact) mass is 347 g/mol. The second-order valence-electron chi connectivity index (χ2n) is 4.58. The van der Waals surface area contributed by atoms with E-state index in [0.717, 1.165) is 25.1 Å². The van der Waals surface area contributed by atoms with Crippen LogP contribution in [-0.4, -0.2) is 26.8 Å². The van der Waals surface area contributed by atoms with Crippen molar-refractivity contribution in [1.29, 1.82) is 0 Å². The van der Waals surface area contributed by atoms with Gasteiger partial charge in [-0.1, -0.05) is 11.6 Å². The van der Waals surface area contributed by atoms with Gasteiger partial charge in [0.1, 0.15) is 11.6 Å². The summed E-state index contributed by atoms with van der Waals surface area (Å²) in [4.78, 5) is 0. The minimum absolute atomic E-state index is 0.112. The van der Waals surface area contributed by atoms with Gasteiger partial charge < -0.3 is 10.1 Å². The summed E-state index contributed by atoms with van der Waals surface area (Å²) in [7, 11) is 1.66. The van der Waals surface area contributed by atoms with Crippen molar-refractivity contribution in [1.82, 2.24) is 5.32 Å². The van der Waals surface area contributed by atoms with Gasteiger partial charge >= 0.3 is 0 Å². The van der Waals surface area contributed by atoms with Crippen LogP contribution in [0.15, 0.2) is 28.3 Å². The maximum Gasteiger partial charge on any atom is 0.143 e. The van der Waals surface area contributed by atoms with E-state index in [0.29, 0.717) is 11.1 Å². The van der Waals surface area contributed by atoms with Crippen molar-refractivity contribution in [3.8, 4) is 0 Å². The first-order valence-corrected chi connectivity index (χ1v) is 7.33. The molecule has 1 N–H and O–H groups in total. The van der Waals surface area contributed by atoms with Crippen LogP contribution in [-0.2, 0) is 11.2 Å². The summed E-state index contributed by atoms with van der Waals surface area (Å²) in [5, 5.41) is 3.21. The molecule has 0 aliphatic rings. The average molecular weight is 348 g/mol. The number of halogens is 3. The molecule has 0 spiro atoms. The lowest BCUT2D eigenvalue weighted by Crippen LogP contribution is -2.19. The van der Waals surface area contributed by atoms with Gasteiger partial charge in [-0.2, -0.15) is 0 Å². The zero-order valence-corrected chi connectivity index (χ0v) is 13.4. The number of benzene rings is 1. The first-order chi connectivity index (χ1) is 9.56. The molecule has 0 aromatic heterocycles. The summed E-state index contributed by atoms with van der Waals surface area (Å²) < 4.78 is 32.6. The molecule has 0 aliphatic heterocycles. The van der Waals surface area contributed by atoms with E-state index in [-0.39, 0.29) is 12.0 Å². The van der Waals surface area contributed by atoms with Crippen molar-refractivity contribution in [2.75, 3.05) is 26.8 Å². The van der Waals surface area contributed by atoms with Crippen LogP contribution in [0.5, 0.6) is 0 Å². The number of allylic oxidation sites excluding steroid dienone is 1. The van der Waals surface area contributed by atoms with Crippen LogP contribution in [0.4, 0.5) is 8.78 Å². The zero-order chi connectivity index (χ0) is 15.0. The Morgan fingerprint density at radius 2 is 2.10 bits per heavy atom. The summed E-state index contributed by atoms with van der Waals surface area (Å²) in [5.74, 6) is -1.02. The van der Waals surface area contributed by atoms with E-state index in [4.69, 9.17) is 4.74 Å². The van der Waals surface area contributed by atoms with Crippen LogP contribution in [0.2, 0.25) is 0 Å². The number of rotatable bonds is 8. The fraction of sp³-hybridized carbons (Fsp3) is 0.467. The van der Waals surface area contributed by atoms with E-state index in [1.807, 2.05) is 13.0 Å². The highest BCUT2D eigenvalue weighted by molar-refractivity contribution is 9.10. The van der Waals surface area contributed by atoms with Gasteiger partial charge in [-0.05, 0) is 54.4 Å². The molecule has 0 unspecified atom stereocenters. The highest BCUT2D eigenvalue weighted by Crippen LogP contribution is 2.23. The minimum atomic E-state index is -0.518. The van der Waals surface area contributed by atoms with Crippen molar-refractivity contribution in [2.24, 2.45) is 0 Å². The largest absolute Gasteiger partial charge is 0.383 e. The molecule has 112 valence electrons. The summed E-state index contributed by atoms with van der Waals surface area (Å²) in [6.45, 7) is 4.19. The number of ether oxygens (including phenoxy) is 1. The van der Waals surface area contributed by atoms with Gasteiger partial charge in [-0.25, -0.2) is 8.78 Å². The third-order valence-corrected chi connectivity index (χ3v) is 3.50. The standard InChI is InChI=1S/C15H20BrF2NO/c1-11(4-3-7-19-8-9-20-2)10-12-14(17)6-5-13(16)15(12)18/h4-6,19H,3,7-10H2,1-2H3/b11-4-. The van der Waals surface area contributed by atoms with Crippen LogP contribution >= 0.6 is 15.9 Å². The highest BCUT2D eigenvalue weighted by atomic mass is 79.9. The molecule has 0 fully saturated rings. The second-order valence-corrected chi connectivity index (χ2v) is 5.43. The van der Waals surface area contributed by atoms with Crippen LogP contribution in [0.25, 0.3) is 0 Å². The molecule has 2 nitrogen and oxygen atoms in total. The molecule has 0 bridgehead atoms. The van der Waals surface area contributed by atoms with E-state index >= 15 is 0 Å². The Morgan fingerprint density at radius 3 is 2.80 bits per heavy atom. The molecule has 0 amide bonds. The molecule has 1 aromatic rings. The molecule has 1 aromatic carbocycles. The summed E-state index contributed by atoms with van der Waals surface area (Å²) in [6.07, 6.45) is 3.11. The first-order valence-electron chi connectivity index (χ1n) is 6.54. The lowest BCUT2D eigenvalue weighted by molar-refractivity contribution is 0.199. The van der Waals surface area contributed by atoms with E-state index in [9.17, 15) is 8.78 Å². The molecule has 0 saturated heterocycles. The SMILES string of the molecule is COCCNCC/C=C(/C)Cc1c(F)ccc(Br)c1F. The third-order valence-electron chi connectivity index (χ3n) is 2.89. The Morgan fingerprint density at radius 1 is 1.35 bits per heavy atom. The highest BCUT2D eigenvalue weighted by Gasteiger charge is 2.12. The minimum Gasteiger partial charge on any atom is -0.383 e. The fourth-order valence-corrected chi connectivity index (χ4v) is 2.17. The van der Waals surface area contributed by atoms with Gasteiger partial charge in [0.15, 0.2) is 0 Å². The van der Waals surface area contributed by atoms with Gasteiger partial charge in [0.25, 0.3) is 0 Å². The second kappa shape index (κ2) is 9.21. The van der Waals surface area contributed by atoms with Crippen LogP contribution in [0.1, 0.15) is 18.9 Å². The van der Waals surface area contributed by atoms with Crippen LogP contribution in [0, 0.1) is 11.6 Å². The van der Waals surface area contributed by atoms with Gasteiger partial charge in [-0.15, -0.1) is 0 Å². The van der Waals surface area contributed by atoms with Crippen molar-refractivity contribution in [2.45, 2.75) is 19.8 Å². The maximum atomic E-state index is 13.8. The Hall–Kier alpha value is -0.780. The number of methoxy groups -OCH3 is 1. The fourth-order valence-electron chi connectivity index (χ4n) is 1.80. The number of hydrogen-bond donors (Lipinski definition) is 1. The first kappa shape index (κ1) is 17.3. The average Bonchev–Trinajstić information content (AvgIpc) is 2.43. The topological polar surface area (TPSA) is 21.3 Å². The van der Waals surface area contributed by atoms with Crippen molar-refractivity contribution < 1.29 is 13.5 Å². The van der Waals surface area contributed by atoms with E-state index in [2.05, 4.69) is 21.2 Å². The van der Waals surface area contributed by atoms with Crippen molar-refractivity contribution in [3.63, 3.8) is 0 Å².